The number of nitrogens with zero attached hydrogens (tertiary/aromatic N) is 1. The maximum atomic E-state index is 11.9. The van der Waals surface area contributed by atoms with Crippen molar-refractivity contribution in [2.24, 2.45) is 5.92 Å². The van der Waals surface area contributed by atoms with Gasteiger partial charge in [0.2, 0.25) is 0 Å². The van der Waals surface area contributed by atoms with Crippen LogP contribution in [-0.2, 0) is 21.4 Å². The monoisotopic (exact) mass is 384 g/mol. The first-order valence-corrected chi connectivity index (χ1v) is 11.1. The predicted octanol–water partition coefficient (Wildman–Crippen LogP) is 3.68. The molecule has 1 aromatic rings. The van der Waals surface area contributed by atoms with Gasteiger partial charge in [-0.25, -0.2) is 0 Å². The molecule has 0 amide bonds. The van der Waals surface area contributed by atoms with Crippen LogP contribution in [0.15, 0.2) is 24.3 Å². The van der Waals surface area contributed by atoms with Crippen molar-refractivity contribution in [3.8, 4) is 0 Å². The molecule has 0 aromatic heterocycles. The minimum absolute atomic E-state index is 0.0767. The third kappa shape index (κ3) is 4.44. The van der Waals surface area contributed by atoms with Crippen molar-refractivity contribution in [1.82, 2.24) is 10.2 Å². The molecule has 0 bridgehead atoms. The summed E-state index contributed by atoms with van der Waals surface area (Å²) in [6.07, 6.45) is 6.87. The van der Waals surface area contributed by atoms with Gasteiger partial charge in [-0.3, -0.25) is 4.79 Å². The van der Waals surface area contributed by atoms with E-state index in [1.165, 1.54) is 32.1 Å². The van der Waals surface area contributed by atoms with Crippen LogP contribution in [0.1, 0.15) is 64.0 Å². The third-order valence-corrected chi connectivity index (χ3v) is 6.88. The summed E-state index contributed by atoms with van der Waals surface area (Å²) in [6.45, 7) is 9.97. The van der Waals surface area contributed by atoms with E-state index in [2.05, 4.69) is 34.5 Å². The molecule has 154 valence electrons. The Kier molecular flexibility index (Phi) is 5.54. The number of likely N-dealkylation sites (tertiary alicyclic amines) is 1. The number of rotatable bonds is 6. The molecular formula is C24H36N2O2. The number of carbonyl (C=O) groups excluding carboxylic acids is 1. The highest BCUT2D eigenvalue weighted by molar-refractivity contribution is 5.70. The van der Waals surface area contributed by atoms with E-state index in [9.17, 15) is 4.79 Å². The number of hydrogen-bond donors (Lipinski definition) is 1. The molecule has 0 radical (unpaired) electrons. The molecule has 4 rings (SSSR count). The van der Waals surface area contributed by atoms with Gasteiger partial charge in [-0.15, -0.1) is 0 Å². The number of fused-ring (bicyclic) bond motifs is 2. The van der Waals surface area contributed by atoms with Gasteiger partial charge in [0.1, 0.15) is 5.60 Å². The first-order valence-electron chi connectivity index (χ1n) is 11.1. The number of carbonyl (C=O) groups is 1. The number of ether oxygens (including phenoxy) is 1. The zero-order valence-electron chi connectivity index (χ0n) is 17.8. The molecule has 1 saturated heterocycles. The number of hydrogen-bond acceptors (Lipinski definition) is 4. The van der Waals surface area contributed by atoms with Gasteiger partial charge in [-0.05, 0) is 89.6 Å². The quantitative estimate of drug-likeness (QED) is 0.760. The highest BCUT2D eigenvalue weighted by atomic mass is 16.6. The lowest BCUT2D eigenvalue weighted by Crippen LogP contribution is -2.39. The molecule has 2 unspecified atom stereocenters. The predicted molar refractivity (Wildman–Crippen MR) is 112 cm³/mol. The second-order valence-electron chi connectivity index (χ2n) is 10.1. The van der Waals surface area contributed by atoms with Crippen LogP contribution < -0.4 is 5.32 Å². The van der Waals surface area contributed by atoms with Gasteiger partial charge in [0, 0.05) is 18.0 Å². The standard InChI is InChI=1S/C24H36N2O2/c1-23(2,3)28-22(27)11-15-26-13-9-18(10-14-26)17-25-21-16-24(21)12-8-19-6-4-5-7-20(19)24/h4-7,18,21,25H,8-17H2,1-3H3. The Morgan fingerprint density at radius 3 is 2.75 bits per heavy atom. The van der Waals surface area contributed by atoms with E-state index in [0.717, 1.165) is 32.1 Å². The van der Waals surface area contributed by atoms with Crippen molar-refractivity contribution in [3.05, 3.63) is 35.4 Å². The van der Waals surface area contributed by atoms with Crippen LogP contribution in [0.2, 0.25) is 0 Å². The van der Waals surface area contributed by atoms with Crippen LogP contribution >= 0.6 is 0 Å². The number of aryl methyl sites for hydroxylation is 1. The molecule has 1 saturated carbocycles. The molecule has 2 atom stereocenters. The molecule has 4 heteroatoms. The van der Waals surface area contributed by atoms with Crippen molar-refractivity contribution in [2.45, 2.75) is 76.4 Å². The topological polar surface area (TPSA) is 41.6 Å². The second-order valence-corrected chi connectivity index (χ2v) is 10.1. The second kappa shape index (κ2) is 7.79. The van der Waals surface area contributed by atoms with Crippen LogP contribution in [0.3, 0.4) is 0 Å². The van der Waals surface area contributed by atoms with E-state index >= 15 is 0 Å². The van der Waals surface area contributed by atoms with Gasteiger partial charge in [-0.1, -0.05) is 24.3 Å². The molecule has 1 heterocycles. The zero-order chi connectivity index (χ0) is 19.8. The average Bonchev–Trinajstić information content (AvgIpc) is 3.24. The summed E-state index contributed by atoms with van der Waals surface area (Å²) in [6, 6.07) is 9.73. The largest absolute Gasteiger partial charge is 0.460 e. The lowest BCUT2D eigenvalue weighted by Gasteiger charge is -2.32. The Morgan fingerprint density at radius 2 is 2.00 bits per heavy atom. The minimum Gasteiger partial charge on any atom is -0.460 e. The highest BCUT2D eigenvalue weighted by Crippen LogP contribution is 2.56. The van der Waals surface area contributed by atoms with Crippen LogP contribution in [0, 0.1) is 5.92 Å². The average molecular weight is 385 g/mol. The maximum absolute atomic E-state index is 11.9. The fraction of sp³-hybridized carbons (Fsp3) is 0.708. The van der Waals surface area contributed by atoms with Crippen molar-refractivity contribution in [2.75, 3.05) is 26.2 Å². The number of nitrogens with one attached hydrogen (secondary N) is 1. The van der Waals surface area contributed by atoms with Gasteiger partial charge < -0.3 is 15.0 Å². The van der Waals surface area contributed by atoms with Crippen LogP contribution in [-0.4, -0.2) is 48.7 Å². The first kappa shape index (κ1) is 19.9. The Bertz CT molecular complexity index is 703. The number of piperidine rings is 1. The Hall–Kier alpha value is -1.39. The Balaban J connectivity index is 1.15. The molecule has 2 aliphatic carbocycles. The van der Waals surface area contributed by atoms with E-state index in [1.807, 2.05) is 20.8 Å². The van der Waals surface area contributed by atoms with E-state index < -0.39 is 0 Å². The fourth-order valence-electron chi connectivity index (χ4n) is 5.23. The highest BCUT2D eigenvalue weighted by Gasteiger charge is 2.57. The van der Waals surface area contributed by atoms with Crippen LogP contribution in [0.25, 0.3) is 0 Å². The summed E-state index contributed by atoms with van der Waals surface area (Å²) in [7, 11) is 0. The summed E-state index contributed by atoms with van der Waals surface area (Å²) >= 11 is 0. The first-order chi connectivity index (χ1) is 13.4. The molecule has 1 N–H and O–H groups in total. The van der Waals surface area contributed by atoms with E-state index in [4.69, 9.17) is 4.74 Å². The molecule has 2 fully saturated rings. The lowest BCUT2D eigenvalue weighted by molar-refractivity contribution is -0.155. The van der Waals surface area contributed by atoms with Gasteiger partial charge >= 0.3 is 5.97 Å². The minimum atomic E-state index is -0.379. The van der Waals surface area contributed by atoms with E-state index in [0.29, 0.717) is 17.9 Å². The molecule has 1 aliphatic heterocycles. The summed E-state index contributed by atoms with van der Waals surface area (Å²) in [5.41, 5.74) is 3.26. The Labute approximate surface area is 170 Å². The van der Waals surface area contributed by atoms with Gasteiger partial charge in [0.25, 0.3) is 0 Å². The van der Waals surface area contributed by atoms with Crippen molar-refractivity contribution in [3.63, 3.8) is 0 Å². The van der Waals surface area contributed by atoms with Gasteiger partial charge in [-0.2, -0.15) is 0 Å². The van der Waals surface area contributed by atoms with E-state index in [-0.39, 0.29) is 11.6 Å². The number of esters is 1. The van der Waals surface area contributed by atoms with Crippen molar-refractivity contribution in [1.29, 1.82) is 0 Å². The zero-order valence-corrected chi connectivity index (χ0v) is 17.8. The van der Waals surface area contributed by atoms with Gasteiger partial charge in [0.05, 0.1) is 6.42 Å². The van der Waals surface area contributed by atoms with Crippen molar-refractivity contribution >= 4 is 5.97 Å². The molecule has 28 heavy (non-hydrogen) atoms. The summed E-state index contributed by atoms with van der Waals surface area (Å²) in [4.78, 5) is 14.3. The van der Waals surface area contributed by atoms with Gasteiger partial charge in [0.15, 0.2) is 0 Å². The third-order valence-electron chi connectivity index (χ3n) is 6.88. The molecule has 1 aromatic carbocycles. The molecule has 3 aliphatic rings. The van der Waals surface area contributed by atoms with E-state index in [1.54, 1.807) is 11.1 Å². The summed E-state index contributed by atoms with van der Waals surface area (Å²) in [5.74, 6) is 0.694. The normalized spacial score (nSPS) is 27.8. The smallest absolute Gasteiger partial charge is 0.307 e. The van der Waals surface area contributed by atoms with Crippen LogP contribution in [0.5, 0.6) is 0 Å². The molecular weight excluding hydrogens is 348 g/mol. The van der Waals surface area contributed by atoms with Crippen LogP contribution in [0.4, 0.5) is 0 Å². The molecule has 1 spiro atoms. The fourth-order valence-corrected chi connectivity index (χ4v) is 5.23. The lowest BCUT2D eigenvalue weighted by atomic mass is 9.95. The summed E-state index contributed by atoms with van der Waals surface area (Å²) < 4.78 is 5.42. The SMILES string of the molecule is CC(C)(C)OC(=O)CCN1CCC(CNC2CC23CCc2ccccc23)CC1. The number of benzene rings is 1. The summed E-state index contributed by atoms with van der Waals surface area (Å²) in [5, 5.41) is 3.90. The Morgan fingerprint density at radius 1 is 1.25 bits per heavy atom. The molecule has 4 nitrogen and oxygen atoms in total. The van der Waals surface area contributed by atoms with Crippen molar-refractivity contribution < 1.29 is 9.53 Å². The maximum Gasteiger partial charge on any atom is 0.307 e.